The molecule has 3 heterocycles. The summed E-state index contributed by atoms with van der Waals surface area (Å²) in [5, 5.41) is 13.3. The number of hydrogen-bond acceptors (Lipinski definition) is 3. The van der Waals surface area contributed by atoms with Crippen LogP contribution in [0.4, 0.5) is 0 Å². The van der Waals surface area contributed by atoms with Gasteiger partial charge < -0.3 is 5.11 Å². The molecule has 0 fully saturated rings. The molecular formula is C14H14N4O2. The van der Waals surface area contributed by atoms with Crippen LogP contribution in [0.15, 0.2) is 24.5 Å². The van der Waals surface area contributed by atoms with Crippen LogP contribution in [0.3, 0.4) is 0 Å². The molecule has 0 unspecified atom stereocenters. The van der Waals surface area contributed by atoms with Gasteiger partial charge in [0.1, 0.15) is 5.65 Å². The van der Waals surface area contributed by atoms with Crippen molar-refractivity contribution in [1.29, 1.82) is 0 Å². The molecule has 6 nitrogen and oxygen atoms in total. The van der Waals surface area contributed by atoms with E-state index in [4.69, 9.17) is 5.11 Å². The van der Waals surface area contributed by atoms with E-state index in [9.17, 15) is 4.79 Å². The van der Waals surface area contributed by atoms with Crippen LogP contribution in [0, 0.1) is 13.8 Å². The number of hydrogen-bond donors (Lipinski definition) is 1. The topological polar surface area (TPSA) is 72.4 Å². The monoisotopic (exact) mass is 270 g/mol. The van der Waals surface area contributed by atoms with Gasteiger partial charge >= 0.3 is 5.97 Å². The first kappa shape index (κ1) is 12.4. The number of carbonyl (C=O) groups is 1. The summed E-state index contributed by atoms with van der Waals surface area (Å²) in [4.78, 5) is 15.5. The Morgan fingerprint density at radius 3 is 2.65 bits per heavy atom. The predicted molar refractivity (Wildman–Crippen MR) is 73.8 cm³/mol. The first-order valence-electron chi connectivity index (χ1n) is 6.20. The van der Waals surface area contributed by atoms with Gasteiger partial charge in [0.15, 0.2) is 0 Å². The van der Waals surface area contributed by atoms with Crippen LogP contribution in [0.2, 0.25) is 0 Å². The van der Waals surface area contributed by atoms with Crippen LogP contribution in [-0.4, -0.2) is 30.2 Å². The van der Waals surface area contributed by atoms with Gasteiger partial charge in [-0.3, -0.25) is 9.08 Å². The Hall–Kier alpha value is -2.63. The number of rotatable bonds is 2. The van der Waals surface area contributed by atoms with E-state index in [1.807, 2.05) is 25.3 Å². The molecule has 0 bridgehead atoms. The molecule has 0 atom stereocenters. The van der Waals surface area contributed by atoms with Crippen LogP contribution in [0.5, 0.6) is 0 Å². The van der Waals surface area contributed by atoms with Gasteiger partial charge in [-0.1, -0.05) is 0 Å². The zero-order valence-electron chi connectivity index (χ0n) is 11.5. The van der Waals surface area contributed by atoms with Crippen molar-refractivity contribution in [1.82, 2.24) is 19.2 Å². The van der Waals surface area contributed by atoms with Crippen LogP contribution in [0.1, 0.15) is 21.6 Å². The molecule has 102 valence electrons. The summed E-state index contributed by atoms with van der Waals surface area (Å²) in [7, 11) is 1.88. The Balaban J connectivity index is 2.32. The van der Waals surface area contributed by atoms with Crippen LogP contribution < -0.4 is 0 Å². The van der Waals surface area contributed by atoms with Gasteiger partial charge in [-0.2, -0.15) is 5.10 Å². The third-order valence-corrected chi connectivity index (χ3v) is 3.39. The maximum absolute atomic E-state index is 11.0. The van der Waals surface area contributed by atoms with E-state index >= 15 is 0 Å². The summed E-state index contributed by atoms with van der Waals surface area (Å²) in [5.41, 5.74) is 4.68. The lowest BCUT2D eigenvalue weighted by Gasteiger charge is -2.06. The van der Waals surface area contributed by atoms with Crippen molar-refractivity contribution < 1.29 is 9.90 Å². The fraction of sp³-hybridized carbons (Fsp3) is 0.214. The lowest BCUT2D eigenvalue weighted by Crippen LogP contribution is -2.00. The molecule has 1 N–H and O–H groups in total. The second-order valence-corrected chi connectivity index (χ2v) is 4.79. The highest BCUT2D eigenvalue weighted by molar-refractivity contribution is 5.89. The van der Waals surface area contributed by atoms with Crippen molar-refractivity contribution >= 4 is 11.6 Å². The maximum Gasteiger partial charge on any atom is 0.335 e. The quantitative estimate of drug-likeness (QED) is 0.773. The Morgan fingerprint density at radius 1 is 1.30 bits per heavy atom. The largest absolute Gasteiger partial charge is 0.478 e. The highest BCUT2D eigenvalue weighted by atomic mass is 16.4. The normalized spacial score (nSPS) is 11.2. The SMILES string of the molecule is Cc1cnn(C)c1-c1c(C)nc2cc(C(=O)O)ccn12. The van der Waals surface area contributed by atoms with E-state index in [1.165, 1.54) is 0 Å². The molecule has 0 aliphatic rings. The number of aromatic nitrogens is 4. The summed E-state index contributed by atoms with van der Waals surface area (Å²) in [5.74, 6) is -0.952. The average Bonchev–Trinajstić information content (AvgIpc) is 2.88. The summed E-state index contributed by atoms with van der Waals surface area (Å²) in [6, 6.07) is 3.15. The van der Waals surface area contributed by atoms with Crippen molar-refractivity contribution in [3.05, 3.63) is 41.3 Å². The molecule has 0 aliphatic carbocycles. The van der Waals surface area contributed by atoms with Gasteiger partial charge in [0.2, 0.25) is 0 Å². The molecule has 6 heteroatoms. The first-order chi connectivity index (χ1) is 9.49. The molecule has 20 heavy (non-hydrogen) atoms. The van der Waals surface area contributed by atoms with E-state index < -0.39 is 5.97 Å². The smallest absolute Gasteiger partial charge is 0.335 e. The fourth-order valence-corrected chi connectivity index (χ4v) is 2.47. The molecule has 0 aliphatic heterocycles. The number of aromatic carboxylic acids is 1. The second-order valence-electron chi connectivity index (χ2n) is 4.79. The predicted octanol–water partition coefficient (Wildman–Crippen LogP) is 2.05. The Kier molecular flexibility index (Phi) is 2.60. The summed E-state index contributed by atoms with van der Waals surface area (Å²) in [6.07, 6.45) is 3.54. The molecule has 3 aromatic rings. The lowest BCUT2D eigenvalue weighted by atomic mass is 10.2. The molecule has 0 radical (unpaired) electrons. The minimum Gasteiger partial charge on any atom is -0.478 e. The van der Waals surface area contributed by atoms with Gasteiger partial charge in [0.25, 0.3) is 0 Å². The fourth-order valence-electron chi connectivity index (χ4n) is 2.47. The van der Waals surface area contributed by atoms with Crippen LogP contribution in [0.25, 0.3) is 17.0 Å². The van der Waals surface area contributed by atoms with E-state index in [0.717, 1.165) is 22.6 Å². The summed E-state index contributed by atoms with van der Waals surface area (Å²) in [6.45, 7) is 3.90. The first-order valence-corrected chi connectivity index (χ1v) is 6.20. The minimum atomic E-state index is -0.952. The maximum atomic E-state index is 11.0. The molecular weight excluding hydrogens is 256 g/mol. The Morgan fingerprint density at radius 2 is 2.05 bits per heavy atom. The number of fused-ring (bicyclic) bond motifs is 1. The number of pyridine rings is 1. The van der Waals surface area contributed by atoms with Gasteiger partial charge in [-0.15, -0.1) is 0 Å². The standard InChI is InChI=1S/C14H14N4O2/c1-8-7-15-17(3)12(8)13-9(2)16-11-6-10(14(19)20)4-5-18(11)13/h4-7H,1-3H3,(H,19,20). The minimum absolute atomic E-state index is 0.232. The Labute approximate surface area is 115 Å². The van der Waals surface area contributed by atoms with Crippen molar-refractivity contribution in [3.8, 4) is 11.4 Å². The van der Waals surface area contributed by atoms with Gasteiger partial charge in [0.05, 0.1) is 28.8 Å². The Bertz CT molecular complexity index is 810. The van der Waals surface area contributed by atoms with Crippen LogP contribution >= 0.6 is 0 Å². The van der Waals surface area contributed by atoms with E-state index in [2.05, 4.69) is 10.1 Å². The molecule has 0 saturated heterocycles. The van der Waals surface area contributed by atoms with Gasteiger partial charge in [-0.05, 0) is 31.5 Å². The molecule has 0 amide bonds. The zero-order chi connectivity index (χ0) is 14.4. The highest BCUT2D eigenvalue weighted by Gasteiger charge is 2.17. The third kappa shape index (κ3) is 1.69. The van der Waals surface area contributed by atoms with Crippen LogP contribution in [-0.2, 0) is 7.05 Å². The number of nitrogens with zero attached hydrogens (tertiary/aromatic N) is 4. The lowest BCUT2D eigenvalue weighted by molar-refractivity contribution is 0.0697. The second kappa shape index (κ2) is 4.19. The van der Waals surface area contributed by atoms with Crippen molar-refractivity contribution in [3.63, 3.8) is 0 Å². The van der Waals surface area contributed by atoms with E-state index in [0.29, 0.717) is 5.65 Å². The number of carboxylic acid groups (broad SMARTS) is 1. The van der Waals surface area contributed by atoms with Crippen molar-refractivity contribution in [2.24, 2.45) is 7.05 Å². The number of imidazole rings is 1. The van der Waals surface area contributed by atoms with Gasteiger partial charge in [-0.25, -0.2) is 9.78 Å². The molecule has 3 aromatic heterocycles. The van der Waals surface area contributed by atoms with Crippen molar-refractivity contribution in [2.45, 2.75) is 13.8 Å². The van der Waals surface area contributed by atoms with E-state index in [-0.39, 0.29) is 5.56 Å². The highest BCUT2D eigenvalue weighted by Crippen LogP contribution is 2.27. The van der Waals surface area contributed by atoms with Crippen molar-refractivity contribution in [2.75, 3.05) is 0 Å². The number of carboxylic acids is 1. The zero-order valence-corrected chi connectivity index (χ0v) is 11.5. The summed E-state index contributed by atoms with van der Waals surface area (Å²) < 4.78 is 3.70. The summed E-state index contributed by atoms with van der Waals surface area (Å²) >= 11 is 0. The average molecular weight is 270 g/mol. The molecule has 0 spiro atoms. The van der Waals surface area contributed by atoms with Gasteiger partial charge in [0, 0.05) is 13.2 Å². The number of aryl methyl sites for hydroxylation is 3. The van der Waals surface area contributed by atoms with E-state index in [1.54, 1.807) is 29.2 Å². The molecule has 0 saturated carbocycles. The molecule has 0 aromatic carbocycles. The third-order valence-electron chi connectivity index (χ3n) is 3.39. The molecule has 3 rings (SSSR count).